The molecule has 0 heterocycles. The number of nitriles is 1. The van der Waals surface area contributed by atoms with Gasteiger partial charge in [-0.3, -0.25) is 4.79 Å². The van der Waals surface area contributed by atoms with Crippen molar-refractivity contribution in [1.29, 1.82) is 5.26 Å². The minimum absolute atomic E-state index is 0.132. The van der Waals surface area contributed by atoms with E-state index in [1.807, 2.05) is 27.7 Å². The third kappa shape index (κ3) is 2.77. The van der Waals surface area contributed by atoms with E-state index in [1.165, 1.54) is 12.8 Å². The molecule has 0 spiro atoms. The van der Waals surface area contributed by atoms with Crippen LogP contribution in [0, 0.1) is 40.4 Å². The number of carbonyl (C=O) groups is 1. The molecule has 2 saturated carbocycles. The van der Waals surface area contributed by atoms with Gasteiger partial charge in [0, 0.05) is 5.92 Å². The van der Waals surface area contributed by atoms with Gasteiger partial charge in [-0.2, -0.15) is 5.26 Å². The van der Waals surface area contributed by atoms with Gasteiger partial charge in [0.1, 0.15) is 5.60 Å². The van der Waals surface area contributed by atoms with E-state index in [1.54, 1.807) is 0 Å². The average Bonchev–Trinajstić information content (AvgIpc) is 2.50. The van der Waals surface area contributed by atoms with E-state index in [9.17, 15) is 10.1 Å². The predicted molar refractivity (Wildman–Crippen MR) is 86.9 cm³/mol. The quantitative estimate of drug-likeness (QED) is 0.707. The average molecular weight is 305 g/mol. The molecule has 0 saturated heterocycles. The lowest BCUT2D eigenvalue weighted by Crippen LogP contribution is -2.58. The van der Waals surface area contributed by atoms with Gasteiger partial charge in [0.2, 0.25) is 0 Å². The van der Waals surface area contributed by atoms with Crippen molar-refractivity contribution in [2.75, 3.05) is 0 Å². The second-order valence-corrected chi connectivity index (χ2v) is 8.20. The van der Waals surface area contributed by atoms with Gasteiger partial charge >= 0.3 is 5.97 Å². The van der Waals surface area contributed by atoms with Gasteiger partial charge in [0.15, 0.2) is 0 Å². The molecule has 124 valence electrons. The second-order valence-electron chi connectivity index (χ2n) is 8.20. The molecule has 0 aliphatic heterocycles. The number of esters is 1. The molecule has 2 aliphatic rings. The summed E-state index contributed by atoms with van der Waals surface area (Å²) in [5.41, 5.74) is -1.07. The first-order valence-corrected chi connectivity index (χ1v) is 8.91. The smallest absolute Gasteiger partial charge is 0.312 e. The Morgan fingerprint density at radius 3 is 2.68 bits per heavy atom. The summed E-state index contributed by atoms with van der Waals surface area (Å²) in [5, 5.41) is 9.60. The number of carbonyl (C=O) groups excluding carboxylic acids is 1. The van der Waals surface area contributed by atoms with E-state index in [4.69, 9.17) is 4.74 Å². The van der Waals surface area contributed by atoms with E-state index in [-0.39, 0.29) is 17.8 Å². The molecule has 0 aromatic carbocycles. The monoisotopic (exact) mass is 305 g/mol. The van der Waals surface area contributed by atoms with Crippen molar-refractivity contribution < 1.29 is 9.53 Å². The molecule has 0 amide bonds. The Bertz CT molecular complexity index is 463. The van der Waals surface area contributed by atoms with Gasteiger partial charge in [-0.15, -0.1) is 0 Å². The van der Waals surface area contributed by atoms with Crippen LogP contribution in [0.2, 0.25) is 0 Å². The van der Waals surface area contributed by atoms with Crippen molar-refractivity contribution in [1.82, 2.24) is 0 Å². The normalized spacial score (nSPS) is 36.3. The largest absolute Gasteiger partial charge is 0.457 e. The molecular formula is C19H31NO2. The zero-order chi connectivity index (χ0) is 16.5. The van der Waals surface area contributed by atoms with E-state index in [0.717, 1.165) is 31.6 Å². The van der Waals surface area contributed by atoms with Gasteiger partial charge in [-0.1, -0.05) is 26.7 Å². The lowest BCUT2D eigenvalue weighted by molar-refractivity contribution is -0.205. The number of hydrogen-bond acceptors (Lipinski definition) is 3. The van der Waals surface area contributed by atoms with Crippen LogP contribution >= 0.6 is 0 Å². The summed E-state index contributed by atoms with van der Waals surface area (Å²) in [5.74, 6) is 0.992. The van der Waals surface area contributed by atoms with E-state index >= 15 is 0 Å². The fourth-order valence-corrected chi connectivity index (χ4v) is 4.60. The van der Waals surface area contributed by atoms with Crippen molar-refractivity contribution in [2.45, 2.75) is 78.7 Å². The molecule has 22 heavy (non-hydrogen) atoms. The lowest BCUT2D eigenvalue weighted by atomic mass is 9.56. The molecule has 2 aliphatic carbocycles. The molecule has 2 rings (SSSR count). The topological polar surface area (TPSA) is 50.1 Å². The molecule has 0 aromatic rings. The Labute approximate surface area is 135 Å². The third-order valence-electron chi connectivity index (χ3n) is 6.45. The number of hydrogen-bond donors (Lipinski definition) is 0. The van der Waals surface area contributed by atoms with Crippen LogP contribution in [0.4, 0.5) is 0 Å². The molecule has 3 nitrogen and oxygen atoms in total. The maximum atomic E-state index is 12.8. The van der Waals surface area contributed by atoms with Crippen LogP contribution in [0.3, 0.4) is 0 Å². The Kier molecular flexibility index (Phi) is 4.90. The molecule has 5 unspecified atom stereocenters. The zero-order valence-corrected chi connectivity index (χ0v) is 14.8. The first-order valence-electron chi connectivity index (χ1n) is 8.91. The van der Waals surface area contributed by atoms with Gasteiger partial charge in [-0.05, 0) is 58.3 Å². The van der Waals surface area contributed by atoms with Gasteiger partial charge in [-0.25, -0.2) is 0 Å². The van der Waals surface area contributed by atoms with Crippen molar-refractivity contribution in [3.8, 4) is 6.07 Å². The van der Waals surface area contributed by atoms with Crippen molar-refractivity contribution in [2.24, 2.45) is 29.1 Å². The second kappa shape index (κ2) is 6.22. The minimum Gasteiger partial charge on any atom is -0.457 e. The van der Waals surface area contributed by atoms with Crippen LogP contribution in [0.15, 0.2) is 0 Å². The Morgan fingerprint density at radius 1 is 1.41 bits per heavy atom. The number of rotatable bonds is 4. The number of ether oxygens (including phenoxy) is 1. The standard InChI is InChI=1S/C19H31NO2/c1-6-18(4,5)17(21)22-19(14(3)12-20)13(2)10-15-8-7-9-16(19)11-15/h13-16H,6-11H2,1-5H3. The summed E-state index contributed by atoms with van der Waals surface area (Å²) in [7, 11) is 0. The SMILES string of the molecule is CCC(C)(C)C(=O)OC1(C(C)C#N)C(C)CC2CCCC1C2. The Balaban J connectivity index is 2.36. The highest BCUT2D eigenvalue weighted by Gasteiger charge is 2.56. The molecule has 5 atom stereocenters. The first-order chi connectivity index (χ1) is 10.3. The Hall–Kier alpha value is -1.04. The number of fused-ring (bicyclic) bond motifs is 2. The fourth-order valence-electron chi connectivity index (χ4n) is 4.60. The molecule has 0 N–H and O–H groups in total. The Morgan fingerprint density at radius 2 is 2.09 bits per heavy atom. The summed E-state index contributed by atoms with van der Waals surface area (Å²) < 4.78 is 6.22. The van der Waals surface area contributed by atoms with E-state index in [0.29, 0.717) is 5.92 Å². The van der Waals surface area contributed by atoms with Gasteiger partial charge in [0.05, 0.1) is 17.4 Å². The summed E-state index contributed by atoms with van der Waals surface area (Å²) in [6.07, 6.45) is 6.55. The number of nitrogens with zero attached hydrogens (tertiary/aromatic N) is 1. The maximum absolute atomic E-state index is 12.8. The molecular weight excluding hydrogens is 274 g/mol. The van der Waals surface area contributed by atoms with E-state index < -0.39 is 11.0 Å². The summed E-state index contributed by atoms with van der Waals surface area (Å²) in [6.45, 7) is 10.0. The summed E-state index contributed by atoms with van der Waals surface area (Å²) in [6, 6.07) is 2.41. The van der Waals surface area contributed by atoms with Crippen LogP contribution in [-0.4, -0.2) is 11.6 Å². The van der Waals surface area contributed by atoms with Crippen LogP contribution in [0.25, 0.3) is 0 Å². The fraction of sp³-hybridized carbons (Fsp3) is 0.895. The zero-order valence-electron chi connectivity index (χ0n) is 14.8. The van der Waals surface area contributed by atoms with Gasteiger partial charge < -0.3 is 4.74 Å². The minimum atomic E-state index is -0.588. The maximum Gasteiger partial charge on any atom is 0.312 e. The highest BCUT2D eigenvalue weighted by Crippen LogP contribution is 2.53. The summed E-state index contributed by atoms with van der Waals surface area (Å²) in [4.78, 5) is 12.8. The van der Waals surface area contributed by atoms with Crippen molar-refractivity contribution >= 4 is 5.97 Å². The third-order valence-corrected chi connectivity index (χ3v) is 6.45. The molecule has 0 aromatic heterocycles. The van der Waals surface area contributed by atoms with Crippen molar-refractivity contribution in [3.05, 3.63) is 0 Å². The molecule has 3 heteroatoms. The van der Waals surface area contributed by atoms with Crippen LogP contribution < -0.4 is 0 Å². The molecule has 2 fully saturated rings. The molecule has 0 radical (unpaired) electrons. The van der Waals surface area contributed by atoms with Crippen LogP contribution in [-0.2, 0) is 9.53 Å². The van der Waals surface area contributed by atoms with Gasteiger partial charge in [0.25, 0.3) is 0 Å². The first kappa shape index (κ1) is 17.3. The van der Waals surface area contributed by atoms with E-state index in [2.05, 4.69) is 13.0 Å². The lowest BCUT2D eigenvalue weighted by Gasteiger charge is -2.54. The summed E-state index contributed by atoms with van der Waals surface area (Å²) >= 11 is 0. The van der Waals surface area contributed by atoms with Crippen LogP contribution in [0.5, 0.6) is 0 Å². The predicted octanol–water partition coefficient (Wildman–Crippen LogP) is 4.71. The molecule has 2 bridgehead atoms. The van der Waals surface area contributed by atoms with Crippen molar-refractivity contribution in [3.63, 3.8) is 0 Å². The highest BCUT2D eigenvalue weighted by molar-refractivity contribution is 5.76. The van der Waals surface area contributed by atoms with Crippen LogP contribution in [0.1, 0.15) is 73.1 Å². The highest BCUT2D eigenvalue weighted by atomic mass is 16.6.